The molecule has 0 saturated carbocycles. The Labute approximate surface area is 112 Å². The molecule has 2 aromatic rings. The Kier molecular flexibility index (Phi) is 3.27. The molecule has 1 aliphatic carbocycles. The number of aromatic nitrogens is 1. The number of oxime groups is 1. The van der Waals surface area contributed by atoms with Gasteiger partial charge in [-0.05, 0) is 36.5 Å². The van der Waals surface area contributed by atoms with Crippen molar-refractivity contribution >= 4 is 5.71 Å². The highest BCUT2D eigenvalue weighted by molar-refractivity contribution is 6.06. The lowest BCUT2D eigenvalue weighted by Gasteiger charge is -2.16. The van der Waals surface area contributed by atoms with Crippen LogP contribution in [0.2, 0.25) is 0 Å². The molecule has 0 amide bonds. The second-order valence-corrected chi connectivity index (χ2v) is 4.87. The summed E-state index contributed by atoms with van der Waals surface area (Å²) in [4.78, 5) is 4.18. The van der Waals surface area contributed by atoms with Gasteiger partial charge in [0.25, 0.3) is 0 Å². The van der Waals surface area contributed by atoms with Crippen molar-refractivity contribution in [2.45, 2.75) is 25.2 Å². The van der Waals surface area contributed by atoms with E-state index in [0.29, 0.717) is 0 Å². The first-order chi connectivity index (χ1) is 9.40. The van der Waals surface area contributed by atoms with E-state index in [9.17, 15) is 5.21 Å². The standard InChI is InChI=1S/C16H16N2O/c19-18-16-14-8-2-1-5-12(14)6-3-9-15(16)13-7-4-10-17-11-13/h1-2,4-5,7-8,10-11,15,19H,3,6,9H2/b18-16-/t15-/m1/s1. The molecule has 0 fully saturated rings. The van der Waals surface area contributed by atoms with E-state index in [1.807, 2.05) is 30.5 Å². The zero-order valence-corrected chi connectivity index (χ0v) is 10.7. The average molecular weight is 252 g/mol. The fourth-order valence-electron chi connectivity index (χ4n) is 2.84. The zero-order valence-electron chi connectivity index (χ0n) is 10.7. The summed E-state index contributed by atoms with van der Waals surface area (Å²) in [6.45, 7) is 0. The van der Waals surface area contributed by atoms with E-state index in [1.165, 1.54) is 5.56 Å². The predicted molar refractivity (Wildman–Crippen MR) is 74.7 cm³/mol. The summed E-state index contributed by atoms with van der Waals surface area (Å²) in [6.07, 6.45) is 6.75. The number of hydrogen-bond acceptors (Lipinski definition) is 3. The minimum atomic E-state index is 0.127. The van der Waals surface area contributed by atoms with Gasteiger partial charge in [0.05, 0.1) is 5.71 Å². The lowest BCUT2D eigenvalue weighted by molar-refractivity contribution is 0.317. The number of aryl methyl sites for hydroxylation is 1. The summed E-state index contributed by atoms with van der Waals surface area (Å²) in [6, 6.07) is 12.2. The molecule has 3 rings (SSSR count). The van der Waals surface area contributed by atoms with Crippen LogP contribution in [0.1, 0.15) is 35.4 Å². The van der Waals surface area contributed by atoms with Gasteiger partial charge in [0.15, 0.2) is 0 Å². The van der Waals surface area contributed by atoms with Crippen LogP contribution >= 0.6 is 0 Å². The Morgan fingerprint density at radius 3 is 2.84 bits per heavy atom. The van der Waals surface area contributed by atoms with E-state index in [-0.39, 0.29) is 5.92 Å². The molecule has 0 unspecified atom stereocenters. The maximum absolute atomic E-state index is 9.46. The average Bonchev–Trinajstić information content (AvgIpc) is 2.67. The lowest BCUT2D eigenvalue weighted by atomic mass is 9.89. The molecule has 0 spiro atoms. The van der Waals surface area contributed by atoms with Gasteiger partial charge in [0.2, 0.25) is 0 Å². The van der Waals surface area contributed by atoms with Crippen molar-refractivity contribution in [2.75, 3.05) is 0 Å². The second-order valence-electron chi connectivity index (χ2n) is 4.87. The van der Waals surface area contributed by atoms with Crippen molar-refractivity contribution in [3.63, 3.8) is 0 Å². The molecule has 1 N–H and O–H groups in total. The molecule has 0 bridgehead atoms. The summed E-state index contributed by atoms with van der Waals surface area (Å²) in [5.41, 5.74) is 4.21. The maximum atomic E-state index is 9.46. The van der Waals surface area contributed by atoms with Crippen LogP contribution in [0.5, 0.6) is 0 Å². The molecule has 19 heavy (non-hydrogen) atoms. The van der Waals surface area contributed by atoms with Gasteiger partial charge in [-0.25, -0.2) is 0 Å². The largest absolute Gasteiger partial charge is 0.411 e. The van der Waals surface area contributed by atoms with Gasteiger partial charge in [-0.1, -0.05) is 35.5 Å². The van der Waals surface area contributed by atoms with E-state index in [1.54, 1.807) is 6.20 Å². The third kappa shape index (κ3) is 2.24. The normalized spacial score (nSPS) is 20.8. The van der Waals surface area contributed by atoms with E-state index in [2.05, 4.69) is 22.3 Å². The smallest absolute Gasteiger partial charge is 0.0945 e. The third-order valence-electron chi connectivity index (χ3n) is 3.76. The summed E-state index contributed by atoms with van der Waals surface area (Å²) in [5.74, 6) is 0.127. The van der Waals surface area contributed by atoms with Crippen molar-refractivity contribution < 1.29 is 5.21 Å². The summed E-state index contributed by atoms with van der Waals surface area (Å²) in [7, 11) is 0. The molecule has 1 atom stereocenters. The highest BCUT2D eigenvalue weighted by atomic mass is 16.4. The predicted octanol–water partition coefficient (Wildman–Crippen LogP) is 3.38. The zero-order chi connectivity index (χ0) is 13.1. The van der Waals surface area contributed by atoms with Crippen LogP contribution in [-0.2, 0) is 6.42 Å². The van der Waals surface area contributed by atoms with E-state index in [4.69, 9.17) is 0 Å². The lowest BCUT2D eigenvalue weighted by Crippen LogP contribution is -2.14. The molecule has 96 valence electrons. The number of pyridine rings is 1. The Hall–Kier alpha value is -2.16. The molecule has 1 aromatic carbocycles. The number of hydrogen-bond donors (Lipinski definition) is 1. The summed E-state index contributed by atoms with van der Waals surface area (Å²) < 4.78 is 0. The fraction of sp³-hybridized carbons (Fsp3) is 0.250. The van der Waals surface area contributed by atoms with Crippen LogP contribution in [0.3, 0.4) is 0 Å². The van der Waals surface area contributed by atoms with Gasteiger partial charge in [-0.3, -0.25) is 4.98 Å². The Balaban J connectivity index is 2.08. The van der Waals surface area contributed by atoms with Gasteiger partial charge in [-0.2, -0.15) is 0 Å². The SMILES string of the molecule is O/N=C1/c2ccccc2CCC[C@@H]1c1cccnc1. The number of fused-ring (bicyclic) bond motifs is 1. The maximum Gasteiger partial charge on any atom is 0.0945 e. The molecular formula is C16H16N2O. The quantitative estimate of drug-likeness (QED) is 0.480. The number of rotatable bonds is 1. The Morgan fingerprint density at radius 2 is 2.05 bits per heavy atom. The first kappa shape index (κ1) is 11.9. The van der Waals surface area contributed by atoms with Gasteiger partial charge >= 0.3 is 0 Å². The van der Waals surface area contributed by atoms with Crippen molar-refractivity contribution in [1.29, 1.82) is 0 Å². The van der Waals surface area contributed by atoms with Crippen LogP contribution in [0.4, 0.5) is 0 Å². The Morgan fingerprint density at radius 1 is 1.16 bits per heavy atom. The van der Waals surface area contributed by atoms with Crippen molar-refractivity contribution in [3.8, 4) is 0 Å². The minimum Gasteiger partial charge on any atom is -0.411 e. The first-order valence-electron chi connectivity index (χ1n) is 6.60. The van der Waals surface area contributed by atoms with Gasteiger partial charge in [0, 0.05) is 23.9 Å². The van der Waals surface area contributed by atoms with Crippen molar-refractivity contribution in [1.82, 2.24) is 4.98 Å². The molecule has 0 radical (unpaired) electrons. The summed E-state index contributed by atoms with van der Waals surface area (Å²) in [5, 5.41) is 13.1. The van der Waals surface area contributed by atoms with E-state index < -0.39 is 0 Å². The fourth-order valence-corrected chi connectivity index (χ4v) is 2.84. The molecule has 0 saturated heterocycles. The van der Waals surface area contributed by atoms with Crippen LogP contribution in [0.15, 0.2) is 53.9 Å². The van der Waals surface area contributed by atoms with Crippen LogP contribution in [-0.4, -0.2) is 15.9 Å². The molecule has 1 heterocycles. The monoisotopic (exact) mass is 252 g/mol. The molecule has 3 heteroatoms. The first-order valence-corrected chi connectivity index (χ1v) is 6.60. The minimum absolute atomic E-state index is 0.127. The van der Waals surface area contributed by atoms with Crippen molar-refractivity contribution in [2.24, 2.45) is 5.16 Å². The molecule has 1 aliphatic rings. The van der Waals surface area contributed by atoms with Crippen LogP contribution in [0, 0.1) is 0 Å². The number of nitrogens with zero attached hydrogens (tertiary/aromatic N) is 2. The van der Waals surface area contributed by atoms with Gasteiger partial charge < -0.3 is 5.21 Å². The highest BCUT2D eigenvalue weighted by Gasteiger charge is 2.25. The molecule has 1 aromatic heterocycles. The number of benzene rings is 1. The molecule has 3 nitrogen and oxygen atoms in total. The topological polar surface area (TPSA) is 45.5 Å². The van der Waals surface area contributed by atoms with E-state index in [0.717, 1.165) is 36.1 Å². The van der Waals surface area contributed by atoms with Crippen molar-refractivity contribution in [3.05, 3.63) is 65.5 Å². The summed E-state index contributed by atoms with van der Waals surface area (Å²) >= 11 is 0. The Bertz CT molecular complexity index is 593. The second kappa shape index (κ2) is 5.22. The van der Waals surface area contributed by atoms with Crippen LogP contribution < -0.4 is 0 Å². The highest BCUT2D eigenvalue weighted by Crippen LogP contribution is 2.31. The van der Waals surface area contributed by atoms with Gasteiger partial charge in [-0.15, -0.1) is 0 Å². The third-order valence-corrected chi connectivity index (χ3v) is 3.76. The molecular weight excluding hydrogens is 236 g/mol. The molecule has 0 aliphatic heterocycles. The van der Waals surface area contributed by atoms with Crippen LogP contribution in [0.25, 0.3) is 0 Å². The van der Waals surface area contributed by atoms with E-state index >= 15 is 0 Å². The van der Waals surface area contributed by atoms with Gasteiger partial charge in [0.1, 0.15) is 0 Å².